The molecule has 1 aromatic rings. The molecule has 3 rings (SSSR count). The minimum atomic E-state index is -0.604. The molecule has 1 saturated carbocycles. The van der Waals surface area contributed by atoms with Crippen molar-refractivity contribution >= 4 is 29.9 Å². The molecule has 152 valence electrons. The molecule has 1 aliphatic heterocycles. The number of hydrogen-bond donors (Lipinski definition) is 2. The lowest BCUT2D eigenvalue weighted by atomic mass is 9.86. The van der Waals surface area contributed by atoms with E-state index in [-0.39, 0.29) is 30.6 Å². The fourth-order valence-electron chi connectivity index (χ4n) is 4.22. The lowest BCUT2D eigenvalue weighted by Gasteiger charge is -2.26. The Bertz CT molecular complexity index is 617. The highest BCUT2D eigenvalue weighted by molar-refractivity contribution is 14.0. The summed E-state index contributed by atoms with van der Waals surface area (Å²) in [6, 6.07) is 7.89. The van der Waals surface area contributed by atoms with E-state index in [1.807, 2.05) is 31.2 Å². The molecule has 2 N–H and O–H groups in total. The molecule has 1 aromatic carbocycles. The third-order valence-corrected chi connectivity index (χ3v) is 5.62. The Morgan fingerprint density at radius 2 is 2.11 bits per heavy atom. The number of aliphatic hydroxyl groups excluding tert-OH is 1. The summed E-state index contributed by atoms with van der Waals surface area (Å²) in [7, 11) is 0. The Hall–Kier alpha value is -1.02. The predicted molar refractivity (Wildman–Crippen MR) is 121 cm³/mol. The van der Waals surface area contributed by atoms with E-state index in [1.165, 1.54) is 32.1 Å². The van der Waals surface area contributed by atoms with Crippen molar-refractivity contribution < 1.29 is 9.84 Å². The van der Waals surface area contributed by atoms with Gasteiger partial charge in [-0.1, -0.05) is 25.0 Å². The molecule has 27 heavy (non-hydrogen) atoms. The number of halogens is 1. The molecule has 1 unspecified atom stereocenters. The van der Waals surface area contributed by atoms with Gasteiger partial charge in [0, 0.05) is 19.6 Å². The van der Waals surface area contributed by atoms with Crippen LogP contribution in [0.25, 0.3) is 0 Å². The molecule has 5 nitrogen and oxygen atoms in total. The minimum Gasteiger partial charge on any atom is -0.491 e. The van der Waals surface area contributed by atoms with Crippen molar-refractivity contribution in [2.45, 2.75) is 52.1 Å². The van der Waals surface area contributed by atoms with Gasteiger partial charge in [0.2, 0.25) is 0 Å². The summed E-state index contributed by atoms with van der Waals surface area (Å²) in [4.78, 5) is 7.06. The highest BCUT2D eigenvalue weighted by Crippen LogP contribution is 2.45. The van der Waals surface area contributed by atoms with Crippen LogP contribution in [0, 0.1) is 12.3 Å². The maximum absolute atomic E-state index is 10.3. The lowest BCUT2D eigenvalue weighted by molar-refractivity contribution is 0.114. The number of nitrogens with zero attached hydrogens (tertiary/aromatic N) is 2. The third kappa shape index (κ3) is 6.24. The van der Waals surface area contributed by atoms with E-state index < -0.39 is 6.10 Å². The van der Waals surface area contributed by atoms with Crippen LogP contribution in [0.4, 0.5) is 0 Å². The molecule has 2 fully saturated rings. The van der Waals surface area contributed by atoms with Crippen molar-refractivity contribution in [2.75, 3.05) is 32.8 Å². The van der Waals surface area contributed by atoms with Crippen molar-refractivity contribution in [1.29, 1.82) is 0 Å². The Morgan fingerprint density at radius 3 is 2.81 bits per heavy atom. The molecule has 1 atom stereocenters. The van der Waals surface area contributed by atoms with Gasteiger partial charge < -0.3 is 20.1 Å². The van der Waals surface area contributed by atoms with Gasteiger partial charge in [-0.25, -0.2) is 0 Å². The normalized spacial score (nSPS) is 19.8. The highest BCUT2D eigenvalue weighted by Gasteiger charge is 2.41. The number of ether oxygens (including phenoxy) is 1. The van der Waals surface area contributed by atoms with E-state index >= 15 is 0 Å². The number of aliphatic hydroxyl groups is 1. The third-order valence-electron chi connectivity index (χ3n) is 5.62. The molecule has 2 aliphatic rings. The summed E-state index contributed by atoms with van der Waals surface area (Å²) in [5.41, 5.74) is 1.67. The average Bonchev–Trinajstić information content (AvgIpc) is 3.27. The molecule has 0 radical (unpaired) electrons. The fourth-order valence-corrected chi connectivity index (χ4v) is 4.22. The molecule has 0 bridgehead atoms. The van der Waals surface area contributed by atoms with Gasteiger partial charge in [0.05, 0.1) is 6.54 Å². The maximum Gasteiger partial charge on any atom is 0.194 e. The zero-order valence-electron chi connectivity index (χ0n) is 16.6. The van der Waals surface area contributed by atoms with Crippen molar-refractivity contribution in [2.24, 2.45) is 10.4 Å². The van der Waals surface area contributed by atoms with Crippen molar-refractivity contribution in [3.8, 4) is 5.75 Å². The summed E-state index contributed by atoms with van der Waals surface area (Å²) in [6.45, 7) is 7.76. The molecular weight excluding hydrogens is 453 g/mol. The quantitative estimate of drug-likeness (QED) is 0.366. The number of hydrogen-bond acceptors (Lipinski definition) is 3. The van der Waals surface area contributed by atoms with E-state index in [9.17, 15) is 5.11 Å². The lowest BCUT2D eigenvalue weighted by Crippen LogP contribution is -2.41. The fraction of sp³-hybridized carbons (Fsp3) is 0.667. The Kier molecular flexibility index (Phi) is 8.66. The van der Waals surface area contributed by atoms with E-state index in [0.29, 0.717) is 12.0 Å². The summed E-state index contributed by atoms with van der Waals surface area (Å²) in [6.07, 6.45) is 6.13. The number of aliphatic imine (C=N–C) groups is 1. The maximum atomic E-state index is 10.3. The molecule has 1 aliphatic carbocycles. The van der Waals surface area contributed by atoms with Crippen LogP contribution >= 0.6 is 24.0 Å². The number of nitrogens with one attached hydrogen (secondary N) is 1. The topological polar surface area (TPSA) is 57.1 Å². The van der Waals surface area contributed by atoms with E-state index in [1.54, 1.807) is 0 Å². The second kappa shape index (κ2) is 10.5. The number of guanidine groups is 1. The van der Waals surface area contributed by atoms with Gasteiger partial charge in [0.1, 0.15) is 18.5 Å². The zero-order chi connectivity index (χ0) is 18.4. The first-order valence-corrected chi connectivity index (χ1v) is 10.0. The van der Waals surface area contributed by atoms with E-state index in [2.05, 4.69) is 22.1 Å². The second-order valence-corrected chi connectivity index (χ2v) is 7.85. The highest BCUT2D eigenvalue weighted by atomic mass is 127. The van der Waals surface area contributed by atoms with Gasteiger partial charge in [-0.05, 0) is 56.2 Å². The number of benzene rings is 1. The first-order valence-electron chi connectivity index (χ1n) is 10.0. The van der Waals surface area contributed by atoms with Gasteiger partial charge in [-0.15, -0.1) is 24.0 Å². The van der Waals surface area contributed by atoms with Crippen molar-refractivity contribution in [3.63, 3.8) is 0 Å². The molecule has 0 amide bonds. The van der Waals surface area contributed by atoms with Crippen LogP contribution in [0.3, 0.4) is 0 Å². The predicted octanol–water partition coefficient (Wildman–Crippen LogP) is 3.58. The van der Waals surface area contributed by atoms with Crippen LogP contribution in [-0.4, -0.2) is 54.9 Å². The molecule has 1 saturated heterocycles. The Balaban J connectivity index is 0.00000261. The first-order chi connectivity index (χ1) is 12.6. The summed E-state index contributed by atoms with van der Waals surface area (Å²) < 4.78 is 5.69. The summed E-state index contributed by atoms with van der Waals surface area (Å²) in [5.74, 6) is 1.73. The van der Waals surface area contributed by atoms with E-state index in [4.69, 9.17) is 4.74 Å². The average molecular weight is 487 g/mol. The molecule has 0 aromatic heterocycles. The Morgan fingerprint density at radius 1 is 1.33 bits per heavy atom. The van der Waals surface area contributed by atoms with Crippen LogP contribution < -0.4 is 10.1 Å². The smallest absolute Gasteiger partial charge is 0.194 e. The monoisotopic (exact) mass is 487 g/mol. The van der Waals surface area contributed by atoms with E-state index in [0.717, 1.165) is 36.9 Å². The van der Waals surface area contributed by atoms with Crippen LogP contribution in [-0.2, 0) is 0 Å². The number of rotatable bonds is 6. The minimum absolute atomic E-state index is 0. The molecule has 1 spiro atoms. The standard InChI is InChI=1S/C21H33N3O2.HI/c1-3-22-20(24-12-11-21(16-24)9-4-5-10-21)23-14-18(25)15-26-19-8-6-7-17(2)13-19;/h6-8,13,18,25H,3-5,9-12,14-16H2,1-2H3,(H,22,23);1H. The Labute approximate surface area is 180 Å². The van der Waals surface area contributed by atoms with Gasteiger partial charge >= 0.3 is 0 Å². The largest absolute Gasteiger partial charge is 0.491 e. The van der Waals surface area contributed by atoms with Crippen molar-refractivity contribution in [1.82, 2.24) is 10.2 Å². The molecule has 6 heteroatoms. The number of likely N-dealkylation sites (tertiary alicyclic amines) is 1. The second-order valence-electron chi connectivity index (χ2n) is 7.85. The van der Waals surface area contributed by atoms with Gasteiger partial charge in [-0.3, -0.25) is 4.99 Å². The van der Waals surface area contributed by atoms with Crippen LogP contribution in [0.15, 0.2) is 29.3 Å². The van der Waals surface area contributed by atoms with Gasteiger partial charge in [0.15, 0.2) is 5.96 Å². The van der Waals surface area contributed by atoms with Gasteiger partial charge in [-0.2, -0.15) is 0 Å². The molecular formula is C21H34IN3O2. The van der Waals surface area contributed by atoms with Crippen LogP contribution in [0.2, 0.25) is 0 Å². The molecule has 1 heterocycles. The number of aryl methyl sites for hydroxylation is 1. The van der Waals surface area contributed by atoms with Crippen molar-refractivity contribution in [3.05, 3.63) is 29.8 Å². The SMILES string of the molecule is CCNC(=NCC(O)COc1cccc(C)c1)N1CCC2(CCCC2)C1.I. The summed E-state index contributed by atoms with van der Waals surface area (Å²) in [5, 5.41) is 13.7. The van der Waals surface area contributed by atoms with Gasteiger partial charge in [0.25, 0.3) is 0 Å². The first kappa shape index (κ1) is 22.3. The van der Waals surface area contributed by atoms with Crippen LogP contribution in [0.1, 0.15) is 44.6 Å². The van der Waals surface area contributed by atoms with Crippen LogP contribution in [0.5, 0.6) is 5.75 Å². The zero-order valence-corrected chi connectivity index (χ0v) is 18.9. The summed E-state index contributed by atoms with van der Waals surface area (Å²) >= 11 is 0.